The summed E-state index contributed by atoms with van der Waals surface area (Å²) in [6.45, 7) is 2.02. The molecule has 5 nitrogen and oxygen atoms in total. The largest absolute Gasteiger partial charge is 0.469 e. The second-order valence-electron chi connectivity index (χ2n) is 6.58. The first kappa shape index (κ1) is 18.3. The molecule has 0 N–H and O–H groups in total. The van der Waals surface area contributed by atoms with Crippen LogP contribution in [0.5, 0.6) is 0 Å². The fraction of sp³-hybridized carbons (Fsp3) is 0.350. The molecular weight excluding hydrogens is 380 g/mol. The summed E-state index contributed by atoms with van der Waals surface area (Å²) in [5.74, 6) is 0.254. The van der Waals surface area contributed by atoms with Crippen LogP contribution in [0.15, 0.2) is 34.2 Å². The van der Waals surface area contributed by atoms with E-state index in [1.807, 2.05) is 31.2 Å². The van der Waals surface area contributed by atoms with Crippen molar-refractivity contribution in [3.05, 3.63) is 50.6 Å². The average molecular weight is 401 g/mol. The normalized spacial score (nSPS) is 13.1. The number of nitrogens with zero attached hydrogens (tertiary/aromatic N) is 2. The van der Waals surface area contributed by atoms with Gasteiger partial charge < -0.3 is 4.74 Å². The summed E-state index contributed by atoms with van der Waals surface area (Å²) < 4.78 is 6.40. The fourth-order valence-electron chi connectivity index (χ4n) is 3.37. The molecule has 0 saturated carbocycles. The highest BCUT2D eigenvalue weighted by molar-refractivity contribution is 7.99. The van der Waals surface area contributed by atoms with Crippen molar-refractivity contribution in [1.82, 2.24) is 9.55 Å². The third-order valence-corrected chi connectivity index (χ3v) is 6.89. The standard InChI is InChI=1S/C20H20N2O3S2/c1-12-6-8-13(9-7-12)22-19(24)17-14-4-3-5-15(14)27-18(17)21-20(22)26-11-10-16(23)25-2/h6-9H,3-5,10-11H2,1-2H3. The number of benzene rings is 1. The van der Waals surface area contributed by atoms with Crippen LogP contribution in [-0.4, -0.2) is 28.4 Å². The molecule has 140 valence electrons. The van der Waals surface area contributed by atoms with Crippen LogP contribution in [0.25, 0.3) is 15.9 Å². The van der Waals surface area contributed by atoms with Gasteiger partial charge in [-0.1, -0.05) is 29.5 Å². The van der Waals surface area contributed by atoms with Crippen molar-refractivity contribution in [2.24, 2.45) is 0 Å². The summed E-state index contributed by atoms with van der Waals surface area (Å²) in [6, 6.07) is 7.88. The maximum atomic E-state index is 13.4. The van der Waals surface area contributed by atoms with Crippen LogP contribution < -0.4 is 5.56 Å². The van der Waals surface area contributed by atoms with Gasteiger partial charge in [-0.15, -0.1) is 11.3 Å². The number of carbonyl (C=O) groups is 1. The van der Waals surface area contributed by atoms with Crippen LogP contribution in [-0.2, 0) is 22.4 Å². The van der Waals surface area contributed by atoms with E-state index >= 15 is 0 Å². The molecule has 0 aliphatic heterocycles. The van der Waals surface area contributed by atoms with Crippen LogP contribution in [0, 0.1) is 6.92 Å². The Hall–Kier alpha value is -2.12. The van der Waals surface area contributed by atoms with E-state index in [0.717, 1.165) is 40.7 Å². The maximum absolute atomic E-state index is 13.4. The van der Waals surface area contributed by atoms with E-state index in [0.29, 0.717) is 10.9 Å². The van der Waals surface area contributed by atoms with Gasteiger partial charge in [0.2, 0.25) is 0 Å². The predicted octanol–water partition coefficient (Wildman–Crippen LogP) is 3.90. The molecule has 0 spiro atoms. The van der Waals surface area contributed by atoms with E-state index in [9.17, 15) is 9.59 Å². The summed E-state index contributed by atoms with van der Waals surface area (Å²) in [5, 5.41) is 1.39. The van der Waals surface area contributed by atoms with Gasteiger partial charge >= 0.3 is 5.97 Å². The third kappa shape index (κ3) is 3.41. The first-order valence-corrected chi connectivity index (χ1v) is 10.7. The van der Waals surface area contributed by atoms with Crippen molar-refractivity contribution in [2.45, 2.75) is 37.8 Å². The van der Waals surface area contributed by atoms with Crippen LogP contribution in [0.3, 0.4) is 0 Å². The zero-order valence-electron chi connectivity index (χ0n) is 15.3. The van der Waals surface area contributed by atoms with E-state index in [4.69, 9.17) is 9.72 Å². The Kier molecular flexibility index (Phi) is 5.06. The summed E-state index contributed by atoms with van der Waals surface area (Å²) in [6.07, 6.45) is 3.38. The van der Waals surface area contributed by atoms with Gasteiger partial charge in [0.05, 0.1) is 24.6 Å². The van der Waals surface area contributed by atoms with Gasteiger partial charge in [0.1, 0.15) is 4.83 Å². The van der Waals surface area contributed by atoms with E-state index in [-0.39, 0.29) is 17.9 Å². The van der Waals surface area contributed by atoms with Crippen LogP contribution in [0.4, 0.5) is 0 Å². The topological polar surface area (TPSA) is 61.2 Å². The molecule has 27 heavy (non-hydrogen) atoms. The van der Waals surface area contributed by atoms with Gasteiger partial charge in [0, 0.05) is 10.6 Å². The molecule has 1 aliphatic rings. The summed E-state index contributed by atoms with van der Waals surface area (Å²) in [4.78, 5) is 31.8. The molecule has 0 bridgehead atoms. The minimum absolute atomic E-state index is 0.0104. The van der Waals surface area contributed by atoms with Crippen molar-refractivity contribution in [1.29, 1.82) is 0 Å². The number of esters is 1. The van der Waals surface area contributed by atoms with Gasteiger partial charge in [-0.3, -0.25) is 14.2 Å². The Balaban J connectivity index is 1.84. The second-order valence-corrected chi connectivity index (χ2v) is 8.73. The molecule has 0 amide bonds. The van der Waals surface area contributed by atoms with Crippen LogP contribution in [0.1, 0.15) is 28.8 Å². The van der Waals surface area contributed by atoms with Crippen molar-refractivity contribution >= 4 is 39.3 Å². The number of methoxy groups -OCH3 is 1. The van der Waals surface area contributed by atoms with E-state index < -0.39 is 0 Å². The highest BCUT2D eigenvalue weighted by atomic mass is 32.2. The van der Waals surface area contributed by atoms with Crippen LogP contribution in [0.2, 0.25) is 0 Å². The molecule has 2 aromatic heterocycles. The lowest BCUT2D eigenvalue weighted by Crippen LogP contribution is -2.22. The van der Waals surface area contributed by atoms with Crippen LogP contribution >= 0.6 is 23.1 Å². The van der Waals surface area contributed by atoms with Gasteiger partial charge in [0.25, 0.3) is 5.56 Å². The Morgan fingerprint density at radius 1 is 1.30 bits per heavy atom. The number of aromatic nitrogens is 2. The Labute approximate surface area is 165 Å². The number of thioether (sulfide) groups is 1. The van der Waals surface area contributed by atoms with Crippen molar-refractivity contribution in [2.75, 3.05) is 12.9 Å². The zero-order valence-corrected chi connectivity index (χ0v) is 16.9. The minimum Gasteiger partial charge on any atom is -0.469 e. The number of carbonyl (C=O) groups excluding carboxylic acids is 1. The van der Waals surface area contributed by atoms with E-state index in [1.165, 1.54) is 29.3 Å². The van der Waals surface area contributed by atoms with E-state index in [1.54, 1.807) is 15.9 Å². The van der Waals surface area contributed by atoms with E-state index in [2.05, 4.69) is 0 Å². The zero-order chi connectivity index (χ0) is 19.0. The maximum Gasteiger partial charge on any atom is 0.306 e. The lowest BCUT2D eigenvalue weighted by Gasteiger charge is -2.12. The van der Waals surface area contributed by atoms with Crippen molar-refractivity contribution in [3.63, 3.8) is 0 Å². The number of ether oxygens (including phenoxy) is 1. The molecule has 1 aromatic carbocycles. The highest BCUT2D eigenvalue weighted by Crippen LogP contribution is 2.36. The number of aryl methyl sites for hydroxylation is 3. The molecule has 0 radical (unpaired) electrons. The molecular formula is C20H20N2O3S2. The number of fused-ring (bicyclic) bond motifs is 3. The number of hydrogen-bond acceptors (Lipinski definition) is 6. The van der Waals surface area contributed by atoms with Gasteiger partial charge in [0.15, 0.2) is 5.16 Å². The quantitative estimate of drug-likeness (QED) is 0.369. The van der Waals surface area contributed by atoms with Crippen molar-refractivity contribution in [3.8, 4) is 5.69 Å². The molecule has 1 aliphatic carbocycles. The molecule has 0 atom stereocenters. The molecule has 4 rings (SSSR count). The summed E-state index contributed by atoms with van der Waals surface area (Å²) in [5.41, 5.74) is 3.11. The lowest BCUT2D eigenvalue weighted by molar-refractivity contribution is -0.140. The summed E-state index contributed by atoms with van der Waals surface area (Å²) in [7, 11) is 1.38. The SMILES string of the molecule is COC(=O)CCSc1nc2sc3c(c2c(=O)n1-c1ccc(C)cc1)CCC3. The Bertz CT molecular complexity index is 1070. The fourth-order valence-corrected chi connectivity index (χ4v) is 5.60. The molecule has 0 fully saturated rings. The Morgan fingerprint density at radius 3 is 2.81 bits per heavy atom. The molecule has 7 heteroatoms. The second kappa shape index (κ2) is 7.48. The van der Waals surface area contributed by atoms with Crippen molar-refractivity contribution < 1.29 is 9.53 Å². The van der Waals surface area contributed by atoms with Gasteiger partial charge in [-0.05, 0) is 43.9 Å². The van der Waals surface area contributed by atoms with Gasteiger partial charge in [-0.2, -0.15) is 0 Å². The Morgan fingerprint density at radius 2 is 2.07 bits per heavy atom. The number of thiophene rings is 1. The number of rotatable bonds is 5. The molecule has 0 saturated heterocycles. The smallest absolute Gasteiger partial charge is 0.306 e. The third-order valence-electron chi connectivity index (χ3n) is 4.77. The highest BCUT2D eigenvalue weighted by Gasteiger charge is 2.24. The first-order valence-electron chi connectivity index (χ1n) is 8.92. The predicted molar refractivity (Wildman–Crippen MR) is 109 cm³/mol. The molecule has 0 unspecified atom stereocenters. The lowest BCUT2D eigenvalue weighted by atomic mass is 10.2. The minimum atomic E-state index is -0.261. The monoisotopic (exact) mass is 400 g/mol. The number of hydrogen-bond donors (Lipinski definition) is 0. The molecule has 3 aromatic rings. The first-order chi connectivity index (χ1) is 13.1. The van der Waals surface area contributed by atoms with Gasteiger partial charge in [-0.25, -0.2) is 4.98 Å². The summed E-state index contributed by atoms with van der Waals surface area (Å²) >= 11 is 3.05. The average Bonchev–Trinajstić information content (AvgIpc) is 3.23. The molecule has 2 heterocycles.